The van der Waals surface area contributed by atoms with Gasteiger partial charge in [-0.15, -0.1) is 0 Å². The minimum absolute atomic E-state index is 0.463. The maximum atomic E-state index is 10.7. The molecule has 0 aromatic heterocycles. The maximum absolute atomic E-state index is 10.7. The van der Waals surface area contributed by atoms with Crippen LogP contribution in [0.25, 0.3) is 0 Å². The number of hydrogen-bond acceptors (Lipinski definition) is 6. The van der Waals surface area contributed by atoms with Crippen molar-refractivity contribution in [1.29, 1.82) is 0 Å². The summed E-state index contributed by atoms with van der Waals surface area (Å²) in [5.41, 5.74) is 0.637. The van der Waals surface area contributed by atoms with Gasteiger partial charge in [0, 0.05) is 0 Å². The number of hydrazone groups is 1. The maximum Gasteiger partial charge on any atom is 0.324 e. The van der Waals surface area contributed by atoms with Gasteiger partial charge in [-0.2, -0.15) is 5.10 Å². The summed E-state index contributed by atoms with van der Waals surface area (Å²) in [6.07, 6.45) is 1.38. The Morgan fingerprint density at radius 2 is 1.65 bits per heavy atom. The van der Waals surface area contributed by atoms with E-state index in [9.17, 15) is 9.59 Å². The molecule has 2 N–H and O–H groups in total. The van der Waals surface area contributed by atoms with E-state index in [1.807, 2.05) is 13.8 Å². The number of hydrogen-bond donors (Lipinski definition) is 2. The Hall–Kier alpha value is -2.77. The van der Waals surface area contributed by atoms with E-state index in [2.05, 4.69) is 5.10 Å². The van der Waals surface area contributed by atoms with Gasteiger partial charge < -0.3 is 19.7 Å². The van der Waals surface area contributed by atoms with Crippen LogP contribution in [0.4, 0.5) is 0 Å². The van der Waals surface area contributed by atoms with Crippen LogP contribution in [0.3, 0.4) is 0 Å². The van der Waals surface area contributed by atoms with Gasteiger partial charge >= 0.3 is 11.9 Å². The zero-order valence-corrected chi connectivity index (χ0v) is 13.1. The lowest BCUT2D eigenvalue weighted by atomic mass is 10.2. The first-order valence-corrected chi connectivity index (χ1v) is 7.08. The average molecular weight is 324 g/mol. The molecule has 1 aromatic rings. The number of carboxylic acid groups (broad SMARTS) is 2. The van der Waals surface area contributed by atoms with Gasteiger partial charge in [-0.3, -0.25) is 14.6 Å². The van der Waals surface area contributed by atoms with E-state index in [1.165, 1.54) is 6.21 Å². The molecule has 1 aromatic carbocycles. The molecule has 0 bridgehead atoms. The van der Waals surface area contributed by atoms with Gasteiger partial charge in [0.25, 0.3) is 0 Å². The van der Waals surface area contributed by atoms with Crippen LogP contribution >= 0.6 is 0 Å². The lowest BCUT2D eigenvalue weighted by molar-refractivity contribution is -0.141. The smallest absolute Gasteiger partial charge is 0.324 e. The average Bonchev–Trinajstić information content (AvgIpc) is 2.46. The van der Waals surface area contributed by atoms with Crippen LogP contribution in [-0.2, 0) is 9.59 Å². The van der Waals surface area contributed by atoms with Gasteiger partial charge in [0.15, 0.2) is 11.5 Å². The highest BCUT2D eigenvalue weighted by molar-refractivity contribution is 5.81. The van der Waals surface area contributed by atoms with Crippen molar-refractivity contribution in [3.63, 3.8) is 0 Å². The molecule has 0 atom stereocenters. The van der Waals surface area contributed by atoms with Crippen LogP contribution in [0.5, 0.6) is 11.5 Å². The van der Waals surface area contributed by atoms with Crippen molar-refractivity contribution in [2.75, 3.05) is 26.3 Å². The molecule has 0 radical (unpaired) electrons. The SMILES string of the molecule is CCOc1ccc(/C=N\N(CC(=O)O)CC(=O)O)cc1OCC. The molecular formula is C15H20N2O6. The quantitative estimate of drug-likeness (QED) is 0.493. The molecule has 8 nitrogen and oxygen atoms in total. The number of nitrogens with zero attached hydrogens (tertiary/aromatic N) is 2. The first-order valence-electron chi connectivity index (χ1n) is 7.08. The molecule has 23 heavy (non-hydrogen) atoms. The van der Waals surface area contributed by atoms with E-state index in [0.29, 0.717) is 30.3 Å². The van der Waals surface area contributed by atoms with Crippen LogP contribution in [0, 0.1) is 0 Å². The minimum atomic E-state index is -1.16. The lowest BCUT2D eigenvalue weighted by Crippen LogP contribution is -2.30. The van der Waals surface area contributed by atoms with E-state index in [-0.39, 0.29) is 0 Å². The number of ether oxygens (including phenoxy) is 2. The van der Waals surface area contributed by atoms with E-state index in [1.54, 1.807) is 18.2 Å². The van der Waals surface area contributed by atoms with Crippen LogP contribution in [-0.4, -0.2) is 59.7 Å². The van der Waals surface area contributed by atoms with Crippen LogP contribution in [0.15, 0.2) is 23.3 Å². The van der Waals surface area contributed by atoms with Crippen molar-refractivity contribution < 1.29 is 29.3 Å². The van der Waals surface area contributed by atoms with Crippen LogP contribution < -0.4 is 9.47 Å². The third-order valence-corrected chi connectivity index (χ3v) is 2.57. The van der Waals surface area contributed by atoms with E-state index in [0.717, 1.165) is 5.01 Å². The number of carbonyl (C=O) groups is 2. The summed E-state index contributed by atoms with van der Waals surface area (Å²) in [7, 11) is 0. The largest absolute Gasteiger partial charge is 0.490 e. The molecular weight excluding hydrogens is 304 g/mol. The lowest BCUT2D eigenvalue weighted by Gasteiger charge is -2.14. The Kier molecular flexibility index (Phi) is 7.38. The van der Waals surface area contributed by atoms with Crippen molar-refractivity contribution in [3.05, 3.63) is 23.8 Å². The fourth-order valence-electron chi connectivity index (χ4n) is 1.75. The molecule has 0 amide bonds. The van der Waals surface area contributed by atoms with E-state index >= 15 is 0 Å². The highest BCUT2D eigenvalue weighted by Gasteiger charge is 2.11. The number of benzene rings is 1. The third-order valence-electron chi connectivity index (χ3n) is 2.57. The van der Waals surface area contributed by atoms with Gasteiger partial charge in [-0.1, -0.05) is 0 Å². The predicted molar refractivity (Wildman–Crippen MR) is 83.2 cm³/mol. The van der Waals surface area contributed by atoms with Gasteiger partial charge in [-0.25, -0.2) is 0 Å². The Labute approximate surface area is 133 Å². The highest BCUT2D eigenvalue weighted by Crippen LogP contribution is 2.28. The van der Waals surface area contributed by atoms with Crippen molar-refractivity contribution in [2.45, 2.75) is 13.8 Å². The Bertz CT molecular complexity index is 557. The molecule has 0 aliphatic carbocycles. The molecule has 0 unspecified atom stereocenters. The Morgan fingerprint density at radius 3 is 2.17 bits per heavy atom. The molecule has 0 aliphatic rings. The summed E-state index contributed by atoms with van der Waals surface area (Å²) in [5.74, 6) is -1.18. The first kappa shape index (κ1) is 18.3. The first-order chi connectivity index (χ1) is 11.0. The highest BCUT2D eigenvalue weighted by atomic mass is 16.5. The van der Waals surface area contributed by atoms with Gasteiger partial charge in [0.2, 0.25) is 0 Å². The predicted octanol–water partition coefficient (Wildman–Crippen LogP) is 1.29. The van der Waals surface area contributed by atoms with E-state index in [4.69, 9.17) is 19.7 Å². The molecule has 0 spiro atoms. The van der Waals surface area contributed by atoms with Crippen molar-refractivity contribution in [1.82, 2.24) is 5.01 Å². The minimum Gasteiger partial charge on any atom is -0.490 e. The Morgan fingerprint density at radius 1 is 1.09 bits per heavy atom. The van der Waals surface area contributed by atoms with Crippen LogP contribution in [0.2, 0.25) is 0 Å². The number of rotatable bonds is 10. The summed E-state index contributed by atoms with van der Waals surface area (Å²) >= 11 is 0. The Balaban J connectivity index is 2.93. The zero-order chi connectivity index (χ0) is 17.2. The molecule has 0 aliphatic heterocycles. The third kappa shape index (κ3) is 6.68. The monoisotopic (exact) mass is 324 g/mol. The fraction of sp³-hybridized carbons (Fsp3) is 0.400. The summed E-state index contributed by atoms with van der Waals surface area (Å²) in [5, 5.41) is 22.4. The summed E-state index contributed by atoms with van der Waals surface area (Å²) in [4.78, 5) is 21.4. The van der Waals surface area contributed by atoms with Crippen LogP contribution in [0.1, 0.15) is 19.4 Å². The number of aliphatic carboxylic acids is 2. The van der Waals surface area contributed by atoms with Crippen molar-refractivity contribution in [2.24, 2.45) is 5.10 Å². The van der Waals surface area contributed by atoms with Crippen molar-refractivity contribution >= 4 is 18.2 Å². The molecule has 1 rings (SSSR count). The molecule has 0 saturated heterocycles. The topological polar surface area (TPSA) is 109 Å². The molecule has 0 heterocycles. The standard InChI is InChI=1S/C15H20N2O6/c1-3-22-12-6-5-11(7-13(12)23-4-2)8-16-17(9-14(18)19)10-15(20)21/h5-8H,3-4,9-10H2,1-2H3,(H,18,19)(H,20,21)/b16-8-. The summed E-state index contributed by atoms with van der Waals surface area (Å²) in [6, 6.07) is 5.13. The second kappa shape index (κ2) is 9.29. The van der Waals surface area contributed by atoms with Gasteiger partial charge in [0.1, 0.15) is 13.1 Å². The zero-order valence-electron chi connectivity index (χ0n) is 13.1. The van der Waals surface area contributed by atoms with E-state index < -0.39 is 25.0 Å². The van der Waals surface area contributed by atoms with Gasteiger partial charge in [-0.05, 0) is 37.6 Å². The summed E-state index contributed by atoms with van der Waals surface area (Å²) in [6.45, 7) is 3.67. The molecule has 8 heteroatoms. The van der Waals surface area contributed by atoms with Crippen molar-refractivity contribution in [3.8, 4) is 11.5 Å². The van der Waals surface area contributed by atoms with Gasteiger partial charge in [0.05, 0.1) is 19.4 Å². The fourth-order valence-corrected chi connectivity index (χ4v) is 1.75. The second-order valence-corrected chi connectivity index (χ2v) is 4.43. The second-order valence-electron chi connectivity index (χ2n) is 4.43. The molecule has 126 valence electrons. The molecule has 0 saturated carbocycles. The molecule has 0 fully saturated rings. The summed E-state index contributed by atoms with van der Waals surface area (Å²) < 4.78 is 10.9. The number of carboxylic acids is 2. The normalized spacial score (nSPS) is 10.5.